The minimum atomic E-state index is -0.929. The van der Waals surface area contributed by atoms with Crippen molar-refractivity contribution < 1.29 is 28.6 Å². The van der Waals surface area contributed by atoms with Crippen LogP contribution in [0.1, 0.15) is 12.0 Å². The molecule has 1 fully saturated rings. The van der Waals surface area contributed by atoms with Crippen molar-refractivity contribution in [3.05, 3.63) is 78.4 Å². The van der Waals surface area contributed by atoms with Gasteiger partial charge in [-0.1, -0.05) is 24.3 Å². The predicted molar refractivity (Wildman–Crippen MR) is 122 cm³/mol. The maximum absolute atomic E-state index is 12.8. The maximum Gasteiger partial charge on any atom is 0.325 e. The molecule has 0 aliphatic carbocycles. The van der Waals surface area contributed by atoms with Crippen LogP contribution < -0.4 is 24.8 Å². The molecule has 0 aromatic heterocycles. The number of hydrogen-bond acceptors (Lipinski definition) is 6. The highest BCUT2D eigenvalue weighted by Crippen LogP contribution is 2.33. The number of carbonyl (C=O) groups is 3. The van der Waals surface area contributed by atoms with Crippen molar-refractivity contribution in [3.8, 4) is 23.0 Å². The Morgan fingerprint density at radius 2 is 1.71 bits per heavy atom. The van der Waals surface area contributed by atoms with Gasteiger partial charge in [0.2, 0.25) is 12.7 Å². The van der Waals surface area contributed by atoms with Crippen LogP contribution in [0, 0.1) is 0 Å². The number of rotatable bonds is 7. The van der Waals surface area contributed by atoms with Crippen LogP contribution in [0.5, 0.6) is 23.0 Å². The van der Waals surface area contributed by atoms with Crippen LogP contribution in [0.15, 0.2) is 72.8 Å². The summed E-state index contributed by atoms with van der Waals surface area (Å²) >= 11 is 0. The van der Waals surface area contributed by atoms with E-state index in [1.807, 2.05) is 30.3 Å². The Morgan fingerprint density at radius 3 is 2.50 bits per heavy atom. The van der Waals surface area contributed by atoms with E-state index in [0.29, 0.717) is 28.7 Å². The number of urea groups is 1. The van der Waals surface area contributed by atoms with Crippen molar-refractivity contribution in [1.82, 2.24) is 10.2 Å². The molecule has 1 atom stereocenters. The molecule has 0 spiro atoms. The molecular formula is C25H21N3O6. The number of nitrogens with one attached hydrogen (secondary N) is 2. The van der Waals surface area contributed by atoms with Gasteiger partial charge in [0.05, 0.1) is 13.0 Å². The number of amides is 4. The van der Waals surface area contributed by atoms with Gasteiger partial charge < -0.3 is 24.8 Å². The highest BCUT2D eigenvalue weighted by atomic mass is 16.7. The van der Waals surface area contributed by atoms with E-state index in [1.165, 1.54) is 0 Å². The highest BCUT2D eigenvalue weighted by Gasteiger charge is 2.39. The summed E-state index contributed by atoms with van der Waals surface area (Å²) < 4.78 is 16.3. The Labute approximate surface area is 195 Å². The van der Waals surface area contributed by atoms with Crippen molar-refractivity contribution >= 4 is 23.5 Å². The summed E-state index contributed by atoms with van der Waals surface area (Å²) in [6.45, 7) is 0.212. The molecule has 9 nitrogen and oxygen atoms in total. The van der Waals surface area contributed by atoms with Crippen molar-refractivity contribution in [3.63, 3.8) is 0 Å². The molecule has 34 heavy (non-hydrogen) atoms. The van der Waals surface area contributed by atoms with Gasteiger partial charge in [0.25, 0.3) is 5.91 Å². The van der Waals surface area contributed by atoms with E-state index in [0.717, 1.165) is 10.5 Å². The van der Waals surface area contributed by atoms with Gasteiger partial charge in [-0.15, -0.1) is 0 Å². The number of carbonyl (C=O) groups excluding carboxylic acids is 3. The van der Waals surface area contributed by atoms with Gasteiger partial charge in [-0.2, -0.15) is 0 Å². The van der Waals surface area contributed by atoms with Crippen LogP contribution in [-0.4, -0.2) is 35.6 Å². The first-order chi connectivity index (χ1) is 16.5. The smallest absolute Gasteiger partial charge is 0.325 e. The summed E-state index contributed by atoms with van der Waals surface area (Å²) in [5.74, 6) is 1.68. The molecule has 2 heterocycles. The lowest BCUT2D eigenvalue weighted by molar-refractivity contribution is -0.130. The quantitative estimate of drug-likeness (QED) is 0.523. The monoisotopic (exact) mass is 459 g/mol. The van der Waals surface area contributed by atoms with Crippen LogP contribution >= 0.6 is 0 Å². The van der Waals surface area contributed by atoms with E-state index in [4.69, 9.17) is 14.2 Å². The number of benzene rings is 3. The largest absolute Gasteiger partial charge is 0.457 e. The van der Waals surface area contributed by atoms with E-state index in [-0.39, 0.29) is 25.7 Å². The number of hydrogen-bond donors (Lipinski definition) is 2. The Kier molecular flexibility index (Phi) is 5.73. The Morgan fingerprint density at radius 1 is 0.971 bits per heavy atom. The first kappa shape index (κ1) is 21.3. The number of para-hydroxylation sites is 1. The van der Waals surface area contributed by atoms with Crippen molar-refractivity contribution in [1.29, 1.82) is 0 Å². The Balaban J connectivity index is 1.15. The summed E-state index contributed by atoms with van der Waals surface area (Å²) in [5, 5.41) is 5.32. The molecule has 3 aromatic carbocycles. The third kappa shape index (κ3) is 4.63. The molecule has 5 rings (SSSR count). The summed E-state index contributed by atoms with van der Waals surface area (Å²) in [6, 6.07) is 20.0. The van der Waals surface area contributed by atoms with E-state index in [9.17, 15) is 14.4 Å². The topological polar surface area (TPSA) is 106 Å². The second-order valence-electron chi connectivity index (χ2n) is 7.81. The molecule has 3 aromatic rings. The summed E-state index contributed by atoms with van der Waals surface area (Å²) in [5.41, 5.74) is 1.27. The van der Waals surface area contributed by atoms with Crippen LogP contribution in [-0.2, 0) is 16.1 Å². The molecule has 9 heteroatoms. The minimum Gasteiger partial charge on any atom is -0.457 e. The lowest BCUT2D eigenvalue weighted by Gasteiger charge is -2.13. The summed E-state index contributed by atoms with van der Waals surface area (Å²) in [4.78, 5) is 38.7. The van der Waals surface area contributed by atoms with E-state index < -0.39 is 18.0 Å². The molecule has 2 aliphatic heterocycles. The number of fused-ring (bicyclic) bond motifs is 1. The van der Waals surface area contributed by atoms with Crippen LogP contribution in [0.3, 0.4) is 0 Å². The molecule has 0 unspecified atom stereocenters. The lowest BCUT2D eigenvalue weighted by Crippen LogP contribution is -2.34. The summed E-state index contributed by atoms with van der Waals surface area (Å²) in [6.07, 6.45) is -0.176. The SMILES string of the molecule is O=C(C[C@H]1NC(=O)N(Cc2ccc3c(c2)OCO3)C1=O)Nc1ccc(Oc2ccccc2)cc1. The van der Waals surface area contributed by atoms with Crippen LogP contribution in [0.2, 0.25) is 0 Å². The molecule has 1 saturated heterocycles. The van der Waals surface area contributed by atoms with E-state index in [2.05, 4.69) is 10.6 Å². The Hall–Kier alpha value is -4.53. The highest BCUT2D eigenvalue weighted by molar-refractivity contribution is 6.06. The molecule has 0 bridgehead atoms. The first-order valence-corrected chi connectivity index (χ1v) is 10.7. The zero-order valence-electron chi connectivity index (χ0n) is 18.0. The third-order valence-electron chi connectivity index (χ3n) is 5.39. The Bertz CT molecular complexity index is 1230. The zero-order chi connectivity index (χ0) is 23.5. The fraction of sp³-hybridized carbons (Fsp3) is 0.160. The second-order valence-corrected chi connectivity index (χ2v) is 7.81. The number of ether oxygens (including phenoxy) is 3. The van der Waals surface area contributed by atoms with Gasteiger partial charge in [0, 0.05) is 5.69 Å². The first-order valence-electron chi connectivity index (χ1n) is 10.7. The van der Waals surface area contributed by atoms with Gasteiger partial charge >= 0.3 is 6.03 Å². The molecule has 172 valence electrons. The molecule has 0 radical (unpaired) electrons. The van der Waals surface area contributed by atoms with Crippen molar-refractivity contribution in [2.75, 3.05) is 12.1 Å². The molecule has 2 aliphatic rings. The second kappa shape index (κ2) is 9.14. The lowest BCUT2D eigenvalue weighted by atomic mass is 10.1. The normalized spacial score (nSPS) is 16.4. The van der Waals surface area contributed by atoms with Gasteiger partial charge in [0.1, 0.15) is 17.5 Å². The zero-order valence-corrected chi connectivity index (χ0v) is 18.0. The average molecular weight is 459 g/mol. The number of nitrogens with zero attached hydrogens (tertiary/aromatic N) is 1. The van der Waals surface area contributed by atoms with Crippen LogP contribution in [0.4, 0.5) is 10.5 Å². The third-order valence-corrected chi connectivity index (χ3v) is 5.39. The minimum absolute atomic E-state index is 0.0717. The molecule has 0 saturated carbocycles. The van der Waals surface area contributed by atoms with Crippen molar-refractivity contribution in [2.24, 2.45) is 0 Å². The molecule has 2 N–H and O–H groups in total. The fourth-order valence-corrected chi connectivity index (χ4v) is 3.72. The van der Waals surface area contributed by atoms with Gasteiger partial charge in [-0.05, 0) is 54.1 Å². The molecule has 4 amide bonds. The average Bonchev–Trinajstić information content (AvgIpc) is 3.41. The van der Waals surface area contributed by atoms with Gasteiger partial charge in [0.15, 0.2) is 11.5 Å². The fourth-order valence-electron chi connectivity index (χ4n) is 3.72. The van der Waals surface area contributed by atoms with Crippen LogP contribution in [0.25, 0.3) is 0 Å². The molecular weight excluding hydrogens is 438 g/mol. The standard InChI is InChI=1S/C25H21N3O6/c29-23(26-17-7-9-19(10-8-17)34-18-4-2-1-3-5-18)13-20-24(30)28(25(31)27-20)14-16-6-11-21-22(12-16)33-15-32-21/h1-12,20H,13-15H2,(H,26,29)(H,27,31)/t20-/m1/s1. The predicted octanol–water partition coefficient (Wildman–Crippen LogP) is 3.66. The van der Waals surface area contributed by atoms with E-state index >= 15 is 0 Å². The number of anilines is 1. The van der Waals surface area contributed by atoms with E-state index in [1.54, 1.807) is 42.5 Å². The van der Waals surface area contributed by atoms with Gasteiger partial charge in [-0.25, -0.2) is 4.79 Å². The van der Waals surface area contributed by atoms with Crippen molar-refractivity contribution in [2.45, 2.75) is 19.0 Å². The number of imide groups is 1. The summed E-state index contributed by atoms with van der Waals surface area (Å²) in [7, 11) is 0. The maximum atomic E-state index is 12.8. The van der Waals surface area contributed by atoms with Gasteiger partial charge in [-0.3, -0.25) is 14.5 Å².